The molecule has 3 rings (SSSR count). The highest BCUT2D eigenvalue weighted by Crippen LogP contribution is 2.31. The summed E-state index contributed by atoms with van der Waals surface area (Å²) in [7, 11) is 0. The summed E-state index contributed by atoms with van der Waals surface area (Å²) in [6.45, 7) is 5.77. The lowest BCUT2D eigenvalue weighted by Crippen LogP contribution is -2.48. The Morgan fingerprint density at radius 1 is 1.29 bits per heavy atom. The Bertz CT molecular complexity index is 537. The second kappa shape index (κ2) is 9.11. The minimum absolute atomic E-state index is 0. The normalized spacial score (nSPS) is 22.4. The molecule has 2 aliphatic heterocycles. The molecule has 0 aliphatic carbocycles. The summed E-state index contributed by atoms with van der Waals surface area (Å²) in [6.07, 6.45) is 0.322. The molecule has 134 valence electrons. The smallest absolute Gasteiger partial charge is 0.224 e. The number of ether oxygens (including phenoxy) is 3. The van der Waals surface area contributed by atoms with Crippen LogP contribution in [-0.2, 0) is 9.53 Å². The molecule has 2 aliphatic rings. The molecular weight excluding hydrogens is 332 g/mol. The zero-order valence-electron chi connectivity index (χ0n) is 13.9. The number of rotatable bonds is 5. The van der Waals surface area contributed by atoms with Crippen LogP contribution in [0.3, 0.4) is 0 Å². The number of para-hydroxylation sites is 2. The highest BCUT2D eigenvalue weighted by molar-refractivity contribution is 5.85. The van der Waals surface area contributed by atoms with Gasteiger partial charge in [-0.3, -0.25) is 4.79 Å². The standard InChI is InChI=1S/C17H24N2O4.ClH/c1-2-19(17(20)9-13-11-21-8-7-18-13)10-14-12-22-15-5-3-4-6-16(15)23-14;/h3-6,13-14,18H,2,7-12H2,1H3;1H. The van der Waals surface area contributed by atoms with Crippen LogP contribution in [0.15, 0.2) is 24.3 Å². The average molecular weight is 357 g/mol. The molecule has 6 nitrogen and oxygen atoms in total. The van der Waals surface area contributed by atoms with E-state index in [-0.39, 0.29) is 30.5 Å². The third-order valence-corrected chi connectivity index (χ3v) is 4.15. The number of benzene rings is 1. The Morgan fingerprint density at radius 3 is 2.79 bits per heavy atom. The van der Waals surface area contributed by atoms with Crippen molar-refractivity contribution in [1.82, 2.24) is 10.2 Å². The van der Waals surface area contributed by atoms with E-state index in [4.69, 9.17) is 14.2 Å². The van der Waals surface area contributed by atoms with Crippen LogP contribution >= 0.6 is 12.4 Å². The molecular formula is C17H25ClN2O4. The maximum absolute atomic E-state index is 12.5. The van der Waals surface area contributed by atoms with Gasteiger partial charge in [0.25, 0.3) is 0 Å². The van der Waals surface area contributed by atoms with Crippen molar-refractivity contribution in [3.63, 3.8) is 0 Å². The van der Waals surface area contributed by atoms with Gasteiger partial charge in [-0.1, -0.05) is 12.1 Å². The fourth-order valence-corrected chi connectivity index (χ4v) is 2.90. The summed E-state index contributed by atoms with van der Waals surface area (Å²) >= 11 is 0. The monoisotopic (exact) mass is 356 g/mol. The molecule has 7 heteroatoms. The second-order valence-corrected chi connectivity index (χ2v) is 5.86. The molecule has 0 saturated carbocycles. The molecule has 24 heavy (non-hydrogen) atoms. The zero-order valence-corrected chi connectivity index (χ0v) is 14.7. The van der Waals surface area contributed by atoms with Crippen LogP contribution in [0.25, 0.3) is 0 Å². The van der Waals surface area contributed by atoms with E-state index in [1.807, 2.05) is 36.1 Å². The number of carbonyl (C=O) groups is 1. The maximum Gasteiger partial charge on any atom is 0.224 e. The van der Waals surface area contributed by atoms with E-state index < -0.39 is 0 Å². The second-order valence-electron chi connectivity index (χ2n) is 5.86. The molecule has 1 amide bonds. The summed E-state index contributed by atoms with van der Waals surface area (Å²) in [5.74, 6) is 1.63. The van der Waals surface area contributed by atoms with Crippen molar-refractivity contribution in [1.29, 1.82) is 0 Å². The van der Waals surface area contributed by atoms with E-state index in [1.165, 1.54) is 0 Å². The Balaban J connectivity index is 0.00000208. The van der Waals surface area contributed by atoms with Crippen LogP contribution in [-0.4, -0.2) is 62.4 Å². The Kier molecular flexibility index (Phi) is 7.15. The van der Waals surface area contributed by atoms with E-state index in [0.29, 0.717) is 32.7 Å². The number of carbonyl (C=O) groups excluding carboxylic acids is 1. The minimum Gasteiger partial charge on any atom is -0.486 e. The molecule has 0 aromatic heterocycles. The first-order valence-electron chi connectivity index (χ1n) is 8.23. The minimum atomic E-state index is -0.135. The van der Waals surface area contributed by atoms with Crippen molar-refractivity contribution < 1.29 is 19.0 Å². The lowest BCUT2D eigenvalue weighted by Gasteiger charge is -2.32. The number of halogens is 1. The molecule has 1 fully saturated rings. The molecule has 0 spiro atoms. The highest BCUT2D eigenvalue weighted by Gasteiger charge is 2.26. The first-order chi connectivity index (χ1) is 11.3. The van der Waals surface area contributed by atoms with Gasteiger partial charge in [-0.2, -0.15) is 0 Å². The molecule has 0 radical (unpaired) electrons. The first-order valence-corrected chi connectivity index (χ1v) is 8.23. The Labute approximate surface area is 148 Å². The van der Waals surface area contributed by atoms with Crippen molar-refractivity contribution in [2.24, 2.45) is 0 Å². The molecule has 0 bridgehead atoms. The third kappa shape index (κ3) is 4.75. The number of morpholine rings is 1. The lowest BCUT2D eigenvalue weighted by molar-refractivity contribution is -0.133. The fourth-order valence-electron chi connectivity index (χ4n) is 2.90. The SMILES string of the molecule is CCN(CC1COc2ccccc2O1)C(=O)CC1COCCN1.Cl. The molecule has 1 N–H and O–H groups in total. The quantitative estimate of drug-likeness (QED) is 0.866. The van der Waals surface area contributed by atoms with Crippen LogP contribution in [0.2, 0.25) is 0 Å². The van der Waals surface area contributed by atoms with Crippen LogP contribution in [0.4, 0.5) is 0 Å². The molecule has 2 atom stereocenters. The zero-order chi connectivity index (χ0) is 16.1. The average Bonchev–Trinajstić information content (AvgIpc) is 2.60. The number of amides is 1. The lowest BCUT2D eigenvalue weighted by atomic mass is 10.1. The Hall–Kier alpha value is -1.50. The van der Waals surface area contributed by atoms with Crippen LogP contribution < -0.4 is 14.8 Å². The van der Waals surface area contributed by atoms with Gasteiger partial charge >= 0.3 is 0 Å². The summed E-state index contributed by atoms with van der Waals surface area (Å²) in [6, 6.07) is 7.73. The van der Waals surface area contributed by atoms with Crippen molar-refractivity contribution in [3.05, 3.63) is 24.3 Å². The van der Waals surface area contributed by atoms with E-state index in [9.17, 15) is 4.79 Å². The maximum atomic E-state index is 12.5. The fraction of sp³-hybridized carbons (Fsp3) is 0.588. The summed E-state index contributed by atoms with van der Waals surface area (Å²) in [5.41, 5.74) is 0. The molecule has 1 saturated heterocycles. The van der Waals surface area contributed by atoms with Crippen LogP contribution in [0, 0.1) is 0 Å². The van der Waals surface area contributed by atoms with Gasteiger partial charge in [-0.25, -0.2) is 0 Å². The molecule has 2 unspecified atom stereocenters. The molecule has 1 aromatic carbocycles. The van der Waals surface area contributed by atoms with Crippen molar-refractivity contribution in [2.45, 2.75) is 25.5 Å². The topological polar surface area (TPSA) is 60.0 Å². The predicted molar refractivity (Wildman–Crippen MR) is 93.1 cm³/mol. The molecule has 2 heterocycles. The van der Waals surface area contributed by atoms with E-state index >= 15 is 0 Å². The third-order valence-electron chi connectivity index (χ3n) is 4.15. The van der Waals surface area contributed by atoms with Gasteiger partial charge in [-0.15, -0.1) is 12.4 Å². The van der Waals surface area contributed by atoms with E-state index in [1.54, 1.807) is 0 Å². The number of hydrogen-bond donors (Lipinski definition) is 1. The largest absolute Gasteiger partial charge is 0.486 e. The molecule has 1 aromatic rings. The van der Waals surface area contributed by atoms with Gasteiger partial charge in [0.2, 0.25) is 5.91 Å². The van der Waals surface area contributed by atoms with Crippen LogP contribution in [0.5, 0.6) is 11.5 Å². The Morgan fingerprint density at radius 2 is 2.08 bits per heavy atom. The number of fused-ring (bicyclic) bond motifs is 1. The van der Waals surface area contributed by atoms with Gasteiger partial charge in [0.15, 0.2) is 17.6 Å². The summed E-state index contributed by atoms with van der Waals surface area (Å²) < 4.78 is 17.1. The van der Waals surface area contributed by atoms with Crippen LogP contribution in [0.1, 0.15) is 13.3 Å². The predicted octanol–water partition coefficient (Wildman–Crippen LogP) is 1.48. The number of nitrogens with zero attached hydrogens (tertiary/aromatic N) is 1. The highest BCUT2D eigenvalue weighted by atomic mass is 35.5. The van der Waals surface area contributed by atoms with Gasteiger partial charge < -0.3 is 24.4 Å². The van der Waals surface area contributed by atoms with Crippen molar-refractivity contribution in [2.75, 3.05) is 39.5 Å². The van der Waals surface area contributed by atoms with Gasteiger partial charge in [0, 0.05) is 25.6 Å². The van der Waals surface area contributed by atoms with E-state index in [2.05, 4.69) is 5.32 Å². The van der Waals surface area contributed by atoms with E-state index in [0.717, 1.165) is 24.7 Å². The summed E-state index contributed by atoms with van der Waals surface area (Å²) in [4.78, 5) is 14.3. The number of hydrogen-bond acceptors (Lipinski definition) is 5. The summed E-state index contributed by atoms with van der Waals surface area (Å²) in [5, 5.41) is 3.32. The van der Waals surface area contributed by atoms with Gasteiger partial charge in [0.05, 0.1) is 19.8 Å². The van der Waals surface area contributed by atoms with Crippen molar-refractivity contribution >= 4 is 18.3 Å². The number of likely N-dealkylation sites (N-methyl/N-ethyl adjacent to an activating group) is 1. The van der Waals surface area contributed by atoms with Gasteiger partial charge in [0.1, 0.15) is 6.61 Å². The number of nitrogens with one attached hydrogen (secondary N) is 1. The first kappa shape index (κ1) is 18.8. The van der Waals surface area contributed by atoms with Crippen molar-refractivity contribution in [3.8, 4) is 11.5 Å². The van der Waals surface area contributed by atoms with Gasteiger partial charge in [-0.05, 0) is 19.1 Å².